The maximum Gasteiger partial charge on any atom is 0.227 e. The monoisotopic (exact) mass is 350 g/mol. The van der Waals surface area contributed by atoms with Crippen molar-refractivity contribution in [3.05, 3.63) is 42.4 Å². The van der Waals surface area contributed by atoms with Crippen molar-refractivity contribution in [3.8, 4) is 0 Å². The Morgan fingerprint density at radius 2 is 1.77 bits per heavy atom. The second kappa shape index (κ2) is 5.97. The molecule has 0 saturated carbocycles. The highest BCUT2D eigenvalue weighted by molar-refractivity contribution is 5.76. The number of imidazole rings is 1. The van der Waals surface area contributed by atoms with E-state index in [2.05, 4.69) is 64.5 Å². The van der Waals surface area contributed by atoms with Crippen LogP contribution in [0.4, 0.5) is 11.8 Å². The lowest BCUT2D eigenvalue weighted by Crippen LogP contribution is -2.49. The van der Waals surface area contributed by atoms with Gasteiger partial charge in [-0.2, -0.15) is 4.98 Å². The summed E-state index contributed by atoms with van der Waals surface area (Å²) >= 11 is 0. The molecular formula is C20H26N6. The minimum Gasteiger partial charge on any atom is -0.363 e. The highest BCUT2D eigenvalue weighted by atomic mass is 15.4. The van der Waals surface area contributed by atoms with Crippen molar-refractivity contribution < 1.29 is 0 Å². The summed E-state index contributed by atoms with van der Waals surface area (Å²) in [4.78, 5) is 18.3. The van der Waals surface area contributed by atoms with Crippen LogP contribution >= 0.6 is 0 Å². The molecule has 3 aromatic rings. The second-order valence-corrected chi connectivity index (χ2v) is 8.21. The summed E-state index contributed by atoms with van der Waals surface area (Å²) < 4.78 is 2.42. The number of benzene rings is 1. The highest BCUT2D eigenvalue weighted by Crippen LogP contribution is 2.34. The van der Waals surface area contributed by atoms with Gasteiger partial charge >= 0.3 is 0 Å². The first kappa shape index (κ1) is 16.8. The summed E-state index contributed by atoms with van der Waals surface area (Å²) in [5.74, 6) is 2.88. The zero-order chi connectivity index (χ0) is 18.5. The summed E-state index contributed by atoms with van der Waals surface area (Å²) in [7, 11) is 4.00. The van der Waals surface area contributed by atoms with E-state index in [1.165, 1.54) is 5.52 Å². The molecule has 3 heterocycles. The minimum atomic E-state index is 0.000773. The van der Waals surface area contributed by atoms with Crippen molar-refractivity contribution in [2.75, 3.05) is 37.0 Å². The van der Waals surface area contributed by atoms with E-state index in [0.29, 0.717) is 6.04 Å². The fourth-order valence-corrected chi connectivity index (χ4v) is 3.47. The number of nitrogens with zero attached hydrogens (tertiary/aromatic N) is 6. The standard InChI is InChI=1S/C20H26N6/c1-20(2,3)18-22-15-8-6-7-9-16(15)26(18)14-12-25(13-14)19-21-11-10-17(23-19)24(4)5/h6-11,14H,12-13H2,1-5H3. The number of hydrogen-bond acceptors (Lipinski definition) is 5. The molecule has 6 nitrogen and oxygen atoms in total. The lowest BCUT2D eigenvalue weighted by molar-refractivity contribution is 0.369. The summed E-state index contributed by atoms with van der Waals surface area (Å²) in [6, 6.07) is 10.7. The Hall–Kier alpha value is -2.63. The van der Waals surface area contributed by atoms with Gasteiger partial charge in [0.05, 0.1) is 17.1 Å². The van der Waals surface area contributed by atoms with Crippen LogP contribution in [-0.2, 0) is 5.41 Å². The molecule has 26 heavy (non-hydrogen) atoms. The van der Waals surface area contributed by atoms with E-state index in [1.807, 2.05) is 31.3 Å². The number of aromatic nitrogens is 4. The third kappa shape index (κ3) is 2.79. The maximum absolute atomic E-state index is 4.93. The molecule has 0 amide bonds. The van der Waals surface area contributed by atoms with Crippen molar-refractivity contribution in [2.24, 2.45) is 0 Å². The Bertz CT molecular complexity index is 931. The Kier molecular flexibility index (Phi) is 3.86. The third-order valence-electron chi connectivity index (χ3n) is 4.86. The zero-order valence-corrected chi connectivity index (χ0v) is 16.1. The van der Waals surface area contributed by atoms with Gasteiger partial charge in [-0.3, -0.25) is 0 Å². The van der Waals surface area contributed by atoms with Crippen LogP contribution in [0.5, 0.6) is 0 Å². The molecule has 136 valence electrons. The van der Waals surface area contributed by atoms with Crippen molar-refractivity contribution >= 4 is 22.8 Å². The third-order valence-corrected chi connectivity index (χ3v) is 4.86. The first-order valence-electron chi connectivity index (χ1n) is 9.07. The van der Waals surface area contributed by atoms with Gasteiger partial charge in [0.2, 0.25) is 5.95 Å². The van der Waals surface area contributed by atoms with Crippen LogP contribution in [0.2, 0.25) is 0 Å². The van der Waals surface area contributed by atoms with E-state index in [-0.39, 0.29) is 5.41 Å². The van der Waals surface area contributed by atoms with Crippen LogP contribution in [0.25, 0.3) is 11.0 Å². The van der Waals surface area contributed by atoms with Crippen LogP contribution in [-0.4, -0.2) is 46.7 Å². The topological polar surface area (TPSA) is 50.1 Å². The van der Waals surface area contributed by atoms with Crippen molar-refractivity contribution in [3.63, 3.8) is 0 Å². The lowest BCUT2D eigenvalue weighted by Gasteiger charge is -2.42. The quantitative estimate of drug-likeness (QED) is 0.726. The van der Waals surface area contributed by atoms with E-state index in [0.717, 1.165) is 36.2 Å². The van der Waals surface area contributed by atoms with Gasteiger partial charge < -0.3 is 14.4 Å². The molecule has 1 fully saturated rings. The molecule has 0 atom stereocenters. The fraction of sp³-hybridized carbons (Fsp3) is 0.450. The number of anilines is 2. The summed E-state index contributed by atoms with van der Waals surface area (Å²) in [6.07, 6.45) is 1.83. The molecule has 0 bridgehead atoms. The van der Waals surface area contributed by atoms with Crippen LogP contribution < -0.4 is 9.80 Å². The van der Waals surface area contributed by atoms with Crippen LogP contribution in [0.3, 0.4) is 0 Å². The van der Waals surface area contributed by atoms with E-state index < -0.39 is 0 Å². The van der Waals surface area contributed by atoms with Gasteiger partial charge in [-0.15, -0.1) is 0 Å². The molecule has 1 aliphatic rings. The van der Waals surface area contributed by atoms with Gasteiger partial charge in [0.15, 0.2) is 0 Å². The molecular weight excluding hydrogens is 324 g/mol. The van der Waals surface area contributed by atoms with Gasteiger partial charge in [0.25, 0.3) is 0 Å². The van der Waals surface area contributed by atoms with Gasteiger partial charge in [0, 0.05) is 38.8 Å². The van der Waals surface area contributed by atoms with Crippen LogP contribution in [0.1, 0.15) is 32.6 Å². The van der Waals surface area contributed by atoms with E-state index >= 15 is 0 Å². The van der Waals surface area contributed by atoms with Gasteiger partial charge in [-0.1, -0.05) is 32.9 Å². The molecule has 6 heteroatoms. The Labute approximate surface area is 154 Å². The fourth-order valence-electron chi connectivity index (χ4n) is 3.47. The molecule has 0 radical (unpaired) electrons. The smallest absolute Gasteiger partial charge is 0.227 e. The normalized spacial score (nSPS) is 15.3. The summed E-state index contributed by atoms with van der Waals surface area (Å²) in [5, 5.41) is 0. The van der Waals surface area contributed by atoms with Crippen molar-refractivity contribution in [1.82, 2.24) is 19.5 Å². The average Bonchev–Trinajstić information content (AvgIpc) is 2.94. The molecule has 0 spiro atoms. The minimum absolute atomic E-state index is 0.000773. The molecule has 4 rings (SSSR count). The number of fused-ring (bicyclic) bond motifs is 1. The van der Waals surface area contributed by atoms with Crippen molar-refractivity contribution in [1.29, 1.82) is 0 Å². The lowest BCUT2D eigenvalue weighted by atomic mass is 9.94. The molecule has 2 aromatic heterocycles. The molecule has 0 aliphatic carbocycles. The molecule has 0 N–H and O–H groups in total. The summed E-state index contributed by atoms with van der Waals surface area (Å²) in [5.41, 5.74) is 2.28. The largest absolute Gasteiger partial charge is 0.363 e. The Balaban J connectivity index is 1.64. The number of rotatable bonds is 3. The highest BCUT2D eigenvalue weighted by Gasteiger charge is 2.35. The number of para-hydroxylation sites is 2. The zero-order valence-electron chi connectivity index (χ0n) is 16.1. The maximum atomic E-state index is 4.93. The molecule has 1 aliphatic heterocycles. The van der Waals surface area contributed by atoms with Crippen LogP contribution in [0.15, 0.2) is 36.5 Å². The predicted molar refractivity (Wildman–Crippen MR) is 106 cm³/mol. The first-order valence-corrected chi connectivity index (χ1v) is 9.07. The number of hydrogen-bond donors (Lipinski definition) is 0. The van der Waals surface area contributed by atoms with E-state index in [4.69, 9.17) is 4.98 Å². The Morgan fingerprint density at radius 3 is 2.46 bits per heavy atom. The van der Waals surface area contributed by atoms with Crippen LogP contribution in [0, 0.1) is 0 Å². The van der Waals surface area contributed by atoms with E-state index in [1.54, 1.807) is 0 Å². The summed E-state index contributed by atoms with van der Waals surface area (Å²) in [6.45, 7) is 8.49. The van der Waals surface area contributed by atoms with Gasteiger partial charge in [-0.05, 0) is 18.2 Å². The molecule has 1 saturated heterocycles. The second-order valence-electron chi connectivity index (χ2n) is 8.21. The predicted octanol–water partition coefficient (Wildman–Crippen LogP) is 3.25. The van der Waals surface area contributed by atoms with Gasteiger partial charge in [0.1, 0.15) is 11.6 Å². The van der Waals surface area contributed by atoms with E-state index in [9.17, 15) is 0 Å². The molecule has 1 aromatic carbocycles. The Morgan fingerprint density at radius 1 is 1.04 bits per heavy atom. The van der Waals surface area contributed by atoms with Gasteiger partial charge in [-0.25, -0.2) is 9.97 Å². The average molecular weight is 350 g/mol. The molecule has 0 unspecified atom stereocenters. The SMILES string of the molecule is CN(C)c1ccnc(N2CC(n3c(C(C)(C)C)nc4ccccc43)C2)n1. The first-order chi connectivity index (χ1) is 12.3. The van der Waals surface area contributed by atoms with Crippen molar-refractivity contribution in [2.45, 2.75) is 32.2 Å².